The molecule has 0 aliphatic carbocycles. The summed E-state index contributed by atoms with van der Waals surface area (Å²) < 4.78 is 0. The van der Waals surface area contributed by atoms with Gasteiger partial charge in [0.15, 0.2) is 10.3 Å². The first-order chi connectivity index (χ1) is 11.7. The van der Waals surface area contributed by atoms with E-state index in [0.29, 0.717) is 15.8 Å². The highest BCUT2D eigenvalue weighted by atomic mass is 32.1. The number of aromatic nitrogens is 2. The van der Waals surface area contributed by atoms with Crippen molar-refractivity contribution in [2.75, 3.05) is 10.6 Å². The first kappa shape index (κ1) is 16.0. The van der Waals surface area contributed by atoms with E-state index >= 15 is 0 Å². The van der Waals surface area contributed by atoms with Gasteiger partial charge < -0.3 is 0 Å². The van der Waals surface area contributed by atoms with Crippen molar-refractivity contribution in [2.24, 2.45) is 0 Å². The van der Waals surface area contributed by atoms with Crippen molar-refractivity contribution in [3.05, 3.63) is 64.6 Å². The molecule has 1 aromatic carbocycles. The van der Waals surface area contributed by atoms with Crippen LogP contribution < -0.4 is 10.6 Å². The lowest BCUT2D eigenvalue weighted by Gasteiger charge is -2.02. The Bertz CT molecular complexity index is 841. The van der Waals surface area contributed by atoms with Gasteiger partial charge in [0.25, 0.3) is 5.91 Å². The largest absolute Gasteiger partial charge is 0.298 e. The van der Waals surface area contributed by atoms with Gasteiger partial charge in [0, 0.05) is 34.8 Å². The van der Waals surface area contributed by atoms with Crippen LogP contribution in [0.2, 0.25) is 0 Å². The van der Waals surface area contributed by atoms with Gasteiger partial charge in [0.2, 0.25) is 5.91 Å². The van der Waals surface area contributed by atoms with E-state index in [9.17, 15) is 9.59 Å². The normalized spacial score (nSPS) is 10.7. The van der Waals surface area contributed by atoms with Gasteiger partial charge in [0.1, 0.15) is 0 Å². The van der Waals surface area contributed by atoms with Crippen LogP contribution in [-0.4, -0.2) is 21.8 Å². The van der Waals surface area contributed by atoms with E-state index in [4.69, 9.17) is 0 Å². The van der Waals surface area contributed by atoms with Crippen molar-refractivity contribution < 1.29 is 9.59 Å². The Kier molecular flexibility index (Phi) is 5.09. The predicted octanol–water partition coefficient (Wildman–Crippen LogP) is 3.50. The summed E-state index contributed by atoms with van der Waals surface area (Å²) in [5.74, 6) is -0.475. The highest BCUT2D eigenvalue weighted by molar-refractivity contribution is 7.14. The second kappa shape index (κ2) is 7.62. The molecular formula is C16H12N4O2S2. The monoisotopic (exact) mass is 356 g/mol. The second-order valence-electron chi connectivity index (χ2n) is 4.57. The summed E-state index contributed by atoms with van der Waals surface area (Å²) in [6, 6.07) is 6.93. The van der Waals surface area contributed by atoms with Crippen LogP contribution in [0.1, 0.15) is 15.9 Å². The minimum Gasteiger partial charge on any atom is -0.298 e. The van der Waals surface area contributed by atoms with E-state index < -0.39 is 0 Å². The van der Waals surface area contributed by atoms with Crippen LogP contribution in [0.4, 0.5) is 10.3 Å². The molecule has 0 saturated heterocycles. The predicted molar refractivity (Wildman–Crippen MR) is 96.3 cm³/mol. The van der Waals surface area contributed by atoms with Crippen LogP contribution in [0, 0.1) is 0 Å². The number of carbonyl (C=O) groups is 2. The SMILES string of the molecule is O=C(/C=C/c1ccc(C(=O)Nc2nccs2)cc1)Nc1nccs1. The van der Waals surface area contributed by atoms with Crippen LogP contribution in [-0.2, 0) is 4.79 Å². The molecule has 3 rings (SSSR count). The summed E-state index contributed by atoms with van der Waals surface area (Å²) in [5, 5.41) is 10.1. The molecule has 3 aromatic rings. The van der Waals surface area contributed by atoms with Crippen LogP contribution in [0.5, 0.6) is 0 Å². The van der Waals surface area contributed by atoms with Gasteiger partial charge >= 0.3 is 0 Å². The standard InChI is InChI=1S/C16H12N4O2S2/c21-13(19-15-17-7-9-23-15)6-3-11-1-4-12(5-2-11)14(22)20-16-18-8-10-24-16/h1-10H,(H,17,19,21)(H,18,20,22)/b6-3+. The molecule has 24 heavy (non-hydrogen) atoms. The molecule has 0 unspecified atom stereocenters. The third-order valence-electron chi connectivity index (χ3n) is 2.92. The summed E-state index contributed by atoms with van der Waals surface area (Å²) in [7, 11) is 0. The first-order valence-corrected chi connectivity index (χ1v) is 8.66. The lowest BCUT2D eigenvalue weighted by atomic mass is 10.1. The van der Waals surface area contributed by atoms with Crippen molar-refractivity contribution in [2.45, 2.75) is 0 Å². The first-order valence-electron chi connectivity index (χ1n) is 6.90. The fourth-order valence-electron chi connectivity index (χ4n) is 1.80. The summed E-state index contributed by atoms with van der Waals surface area (Å²) >= 11 is 2.71. The van der Waals surface area contributed by atoms with E-state index in [1.807, 2.05) is 0 Å². The zero-order valence-corrected chi connectivity index (χ0v) is 13.9. The zero-order valence-electron chi connectivity index (χ0n) is 12.3. The number of nitrogens with one attached hydrogen (secondary N) is 2. The Morgan fingerprint density at radius 3 is 2.12 bits per heavy atom. The quantitative estimate of drug-likeness (QED) is 0.685. The smallest absolute Gasteiger partial charge is 0.257 e. The molecule has 0 fully saturated rings. The third-order valence-corrected chi connectivity index (χ3v) is 4.29. The number of amides is 2. The summed E-state index contributed by atoms with van der Waals surface area (Å²) in [6.45, 7) is 0. The molecule has 0 atom stereocenters. The highest BCUT2D eigenvalue weighted by Gasteiger charge is 2.07. The molecule has 0 radical (unpaired) electrons. The van der Waals surface area contributed by atoms with E-state index in [0.717, 1.165) is 5.56 Å². The van der Waals surface area contributed by atoms with Crippen molar-refractivity contribution in [1.29, 1.82) is 0 Å². The number of thiazole rings is 2. The van der Waals surface area contributed by atoms with Crippen LogP contribution >= 0.6 is 22.7 Å². The molecule has 2 heterocycles. The lowest BCUT2D eigenvalue weighted by molar-refractivity contribution is -0.111. The maximum atomic E-state index is 12.0. The molecule has 0 aliphatic heterocycles. The summed E-state index contributed by atoms with van der Waals surface area (Å²) in [5.41, 5.74) is 1.34. The Balaban J connectivity index is 1.58. The van der Waals surface area contributed by atoms with Gasteiger partial charge in [-0.15, -0.1) is 22.7 Å². The van der Waals surface area contributed by atoms with Gasteiger partial charge in [-0.25, -0.2) is 9.97 Å². The molecule has 6 nitrogen and oxygen atoms in total. The molecule has 0 aliphatic rings. The third kappa shape index (κ3) is 4.34. The number of carbonyl (C=O) groups excluding carboxylic acids is 2. The van der Waals surface area contributed by atoms with Gasteiger partial charge in [-0.1, -0.05) is 12.1 Å². The molecular weight excluding hydrogens is 344 g/mol. The Morgan fingerprint density at radius 2 is 1.54 bits per heavy atom. The molecule has 0 spiro atoms. The second-order valence-corrected chi connectivity index (χ2v) is 6.36. The Labute approximate surface area is 145 Å². The fourth-order valence-corrected chi connectivity index (χ4v) is 2.86. The molecule has 0 bridgehead atoms. The molecule has 2 amide bonds. The Hall–Kier alpha value is -2.84. The van der Waals surface area contributed by atoms with Crippen molar-refractivity contribution in [3.8, 4) is 0 Å². The number of hydrogen-bond donors (Lipinski definition) is 2. The van der Waals surface area contributed by atoms with Gasteiger partial charge in [-0.3, -0.25) is 20.2 Å². The number of benzene rings is 1. The number of rotatable bonds is 5. The van der Waals surface area contributed by atoms with E-state index in [-0.39, 0.29) is 11.8 Å². The van der Waals surface area contributed by atoms with Crippen LogP contribution in [0.15, 0.2) is 53.5 Å². The maximum Gasteiger partial charge on any atom is 0.257 e. The molecule has 8 heteroatoms. The van der Waals surface area contributed by atoms with Gasteiger partial charge in [-0.05, 0) is 23.8 Å². The summed E-state index contributed by atoms with van der Waals surface area (Å²) in [6.07, 6.45) is 6.35. The number of hydrogen-bond acceptors (Lipinski definition) is 6. The maximum absolute atomic E-state index is 12.0. The highest BCUT2D eigenvalue weighted by Crippen LogP contribution is 2.14. The van der Waals surface area contributed by atoms with Gasteiger partial charge in [-0.2, -0.15) is 0 Å². The molecule has 0 saturated carbocycles. The number of nitrogens with zero attached hydrogens (tertiary/aromatic N) is 2. The van der Waals surface area contributed by atoms with E-state index in [1.165, 1.54) is 28.7 Å². The topological polar surface area (TPSA) is 84.0 Å². The Morgan fingerprint density at radius 1 is 0.917 bits per heavy atom. The lowest BCUT2D eigenvalue weighted by Crippen LogP contribution is -2.11. The van der Waals surface area contributed by atoms with Crippen LogP contribution in [0.25, 0.3) is 6.08 Å². The van der Waals surface area contributed by atoms with E-state index in [2.05, 4.69) is 20.6 Å². The van der Waals surface area contributed by atoms with Crippen molar-refractivity contribution in [3.63, 3.8) is 0 Å². The van der Waals surface area contributed by atoms with E-state index in [1.54, 1.807) is 53.5 Å². The van der Waals surface area contributed by atoms with Gasteiger partial charge in [0.05, 0.1) is 0 Å². The molecule has 2 aromatic heterocycles. The zero-order chi connectivity index (χ0) is 16.8. The van der Waals surface area contributed by atoms with Crippen molar-refractivity contribution in [1.82, 2.24) is 9.97 Å². The fraction of sp³-hybridized carbons (Fsp3) is 0. The minimum atomic E-state index is -0.254. The van der Waals surface area contributed by atoms with Crippen LogP contribution in [0.3, 0.4) is 0 Å². The molecule has 2 N–H and O–H groups in total. The minimum absolute atomic E-state index is 0.220. The average Bonchev–Trinajstić information content (AvgIpc) is 3.27. The van der Waals surface area contributed by atoms with Crippen molar-refractivity contribution >= 4 is 50.8 Å². The number of anilines is 2. The average molecular weight is 356 g/mol. The summed E-state index contributed by atoms with van der Waals surface area (Å²) in [4.78, 5) is 31.8. The molecule has 120 valence electrons.